The highest BCUT2D eigenvalue weighted by Crippen LogP contribution is 2.31. The highest BCUT2D eigenvalue weighted by atomic mass is 32.1. The Bertz CT molecular complexity index is 2050. The van der Waals surface area contributed by atoms with Gasteiger partial charge in [0, 0.05) is 77.8 Å². The largest absolute Gasteiger partial charge is 0.378 e. The summed E-state index contributed by atoms with van der Waals surface area (Å²) in [5.74, 6) is -1.58. The van der Waals surface area contributed by atoms with Gasteiger partial charge in [-0.2, -0.15) is 0 Å². The van der Waals surface area contributed by atoms with Crippen LogP contribution in [-0.2, 0) is 25.5 Å². The Balaban J connectivity index is 0.000000205. The zero-order valence-corrected chi connectivity index (χ0v) is 35.6. The van der Waals surface area contributed by atoms with E-state index in [9.17, 15) is 28.0 Å². The fourth-order valence-electron chi connectivity index (χ4n) is 8.43. The molecule has 1 aromatic heterocycles. The van der Waals surface area contributed by atoms with Gasteiger partial charge in [-0.05, 0) is 67.1 Å². The van der Waals surface area contributed by atoms with Crippen LogP contribution in [0.15, 0.2) is 90.3 Å². The maximum absolute atomic E-state index is 14.6. The fourth-order valence-corrected chi connectivity index (χ4v) is 9.13. The number of carbonyl (C=O) groups excluding carboxylic acids is 4. The summed E-state index contributed by atoms with van der Waals surface area (Å²) in [6.07, 6.45) is 2.48. The molecule has 2 saturated heterocycles. The molecule has 4 atom stereocenters. The van der Waals surface area contributed by atoms with Crippen molar-refractivity contribution in [2.75, 3.05) is 69.8 Å². The molecule has 3 aliphatic rings. The number of para-hydroxylation sites is 2. The molecular formula is C46H55F2N5O6S. The van der Waals surface area contributed by atoms with Gasteiger partial charge in [0.15, 0.2) is 0 Å². The lowest BCUT2D eigenvalue weighted by atomic mass is 9.98. The molecule has 7 rings (SSSR count). The van der Waals surface area contributed by atoms with Crippen LogP contribution in [0.4, 0.5) is 20.2 Å². The predicted molar refractivity (Wildman–Crippen MR) is 229 cm³/mol. The SMILES string of the molecule is CCC(=O)N(c1ccccc1F)[C@H]1CCN(CCN2C(=O)c3ccccc3C2=O)C[C@@H]1OC.CCC(=O)N(c1ccccc1F)[C@H]1CCN(CCc2cccs2)C[C@@H]1OC. The van der Waals surface area contributed by atoms with E-state index in [1.165, 1.54) is 26.8 Å². The zero-order chi connectivity index (χ0) is 42.8. The number of thiophene rings is 1. The average molecular weight is 844 g/mol. The molecule has 0 radical (unpaired) electrons. The fraction of sp³-hybridized carbons (Fsp3) is 0.435. The van der Waals surface area contributed by atoms with E-state index in [1.54, 1.807) is 98.0 Å². The van der Waals surface area contributed by atoms with Crippen molar-refractivity contribution in [2.24, 2.45) is 0 Å². The van der Waals surface area contributed by atoms with Crippen molar-refractivity contribution in [3.8, 4) is 0 Å². The third-order valence-corrected chi connectivity index (χ3v) is 12.6. The number of likely N-dealkylation sites (tertiary alicyclic amines) is 2. The minimum absolute atomic E-state index is 0.0702. The minimum Gasteiger partial charge on any atom is -0.378 e. The van der Waals surface area contributed by atoms with Gasteiger partial charge in [-0.3, -0.25) is 29.0 Å². The van der Waals surface area contributed by atoms with E-state index in [0.29, 0.717) is 49.3 Å². The number of methoxy groups -OCH3 is 2. The Hall–Kier alpha value is -4.86. The first-order valence-corrected chi connectivity index (χ1v) is 21.6. The Labute approximate surface area is 355 Å². The molecular weight excluding hydrogens is 789 g/mol. The number of nitrogens with zero attached hydrogens (tertiary/aromatic N) is 5. The van der Waals surface area contributed by atoms with Crippen LogP contribution in [0.3, 0.4) is 0 Å². The smallest absolute Gasteiger partial charge is 0.261 e. The summed E-state index contributed by atoms with van der Waals surface area (Å²) in [5.41, 5.74) is 1.49. The maximum Gasteiger partial charge on any atom is 0.261 e. The minimum atomic E-state index is -0.442. The van der Waals surface area contributed by atoms with Gasteiger partial charge in [0.1, 0.15) is 11.6 Å². The number of fused-ring (bicyclic) bond motifs is 1. The van der Waals surface area contributed by atoms with Gasteiger partial charge in [0.05, 0.1) is 46.8 Å². The molecule has 4 aromatic rings. The summed E-state index contributed by atoms with van der Waals surface area (Å²) in [6, 6.07) is 23.4. The normalized spacial score (nSPS) is 20.7. The summed E-state index contributed by atoms with van der Waals surface area (Å²) in [7, 11) is 3.26. The predicted octanol–water partition coefficient (Wildman–Crippen LogP) is 6.92. The van der Waals surface area contributed by atoms with Crippen LogP contribution in [0.1, 0.15) is 65.1 Å². The number of rotatable bonds is 14. The monoisotopic (exact) mass is 843 g/mol. The molecule has 60 heavy (non-hydrogen) atoms. The van der Waals surface area contributed by atoms with Gasteiger partial charge in [-0.25, -0.2) is 8.78 Å². The topological polar surface area (TPSA) is 103 Å². The number of hydrogen-bond acceptors (Lipinski definition) is 9. The molecule has 4 heterocycles. The number of carbonyl (C=O) groups is 4. The molecule has 3 aliphatic heterocycles. The molecule has 3 aromatic carbocycles. The van der Waals surface area contributed by atoms with E-state index >= 15 is 0 Å². The summed E-state index contributed by atoms with van der Waals surface area (Å²) < 4.78 is 40.5. The second-order valence-corrected chi connectivity index (χ2v) is 16.2. The molecule has 0 aliphatic carbocycles. The van der Waals surface area contributed by atoms with Gasteiger partial charge >= 0.3 is 0 Å². The summed E-state index contributed by atoms with van der Waals surface area (Å²) in [5, 5.41) is 2.10. The highest BCUT2D eigenvalue weighted by Gasteiger charge is 2.40. The van der Waals surface area contributed by atoms with Crippen molar-refractivity contribution >= 4 is 46.3 Å². The number of halogens is 2. The van der Waals surface area contributed by atoms with E-state index in [0.717, 1.165) is 32.5 Å². The molecule has 0 spiro atoms. The van der Waals surface area contributed by atoms with Crippen LogP contribution in [0.5, 0.6) is 0 Å². The van der Waals surface area contributed by atoms with E-state index in [4.69, 9.17) is 9.47 Å². The first kappa shape index (κ1) is 44.7. The number of hydrogen-bond donors (Lipinski definition) is 0. The molecule has 14 heteroatoms. The lowest BCUT2D eigenvalue weighted by Gasteiger charge is -2.43. The Morgan fingerprint density at radius 3 is 1.57 bits per heavy atom. The number of ether oxygens (including phenoxy) is 2. The van der Waals surface area contributed by atoms with Gasteiger partial charge in [-0.15, -0.1) is 11.3 Å². The zero-order valence-electron chi connectivity index (χ0n) is 34.8. The van der Waals surface area contributed by atoms with Gasteiger partial charge in [0.25, 0.3) is 11.8 Å². The molecule has 4 amide bonds. The number of anilines is 2. The quantitative estimate of drug-likeness (QED) is 0.126. The Morgan fingerprint density at radius 2 is 1.13 bits per heavy atom. The highest BCUT2D eigenvalue weighted by molar-refractivity contribution is 7.09. The van der Waals surface area contributed by atoms with Crippen molar-refractivity contribution in [3.05, 3.63) is 118 Å². The van der Waals surface area contributed by atoms with Crippen molar-refractivity contribution < 1.29 is 37.4 Å². The molecule has 0 unspecified atom stereocenters. The van der Waals surface area contributed by atoms with Crippen LogP contribution >= 0.6 is 11.3 Å². The first-order chi connectivity index (χ1) is 29.1. The summed E-state index contributed by atoms with van der Waals surface area (Å²) in [6.45, 7) is 8.07. The third kappa shape index (κ3) is 10.2. The Kier molecular flexibility index (Phi) is 15.7. The van der Waals surface area contributed by atoms with Crippen molar-refractivity contribution in [1.29, 1.82) is 0 Å². The Morgan fingerprint density at radius 1 is 0.667 bits per heavy atom. The number of benzene rings is 3. The van der Waals surface area contributed by atoms with E-state index in [1.807, 2.05) is 6.92 Å². The summed E-state index contributed by atoms with van der Waals surface area (Å²) in [4.78, 5) is 61.0. The van der Waals surface area contributed by atoms with Crippen LogP contribution < -0.4 is 9.80 Å². The van der Waals surface area contributed by atoms with Crippen molar-refractivity contribution in [1.82, 2.24) is 14.7 Å². The first-order valence-electron chi connectivity index (χ1n) is 20.7. The van der Waals surface area contributed by atoms with Crippen LogP contribution in [-0.4, -0.2) is 123 Å². The second kappa shape index (κ2) is 21.1. The van der Waals surface area contributed by atoms with Crippen LogP contribution in [0.2, 0.25) is 0 Å². The second-order valence-electron chi connectivity index (χ2n) is 15.1. The standard InChI is InChI=1S/C25H28FN3O4.C21H27FN2O2S/c1-3-23(30)29(20-11-7-6-10-19(20)26)21-12-13-27(16-22(21)33-2)14-15-28-24(31)17-8-4-5-9-18(17)25(28)32;1-3-21(25)24(18-9-5-4-8-17(18)22)19-11-13-23(15-20(19)26-2)12-10-16-7-6-14-27-16/h4-11,21-22H,3,12-16H2,1-2H3;4-9,14,19-20H,3,10-13,15H2,1-2H3/t21-,22-;19-,20-/m00/s1. The number of amides is 4. The van der Waals surface area contributed by atoms with Crippen LogP contribution in [0, 0.1) is 11.6 Å². The van der Waals surface area contributed by atoms with Gasteiger partial charge in [0.2, 0.25) is 11.8 Å². The van der Waals surface area contributed by atoms with Crippen molar-refractivity contribution in [3.63, 3.8) is 0 Å². The lowest BCUT2D eigenvalue weighted by molar-refractivity contribution is -0.120. The maximum atomic E-state index is 14.6. The molecule has 0 N–H and O–H groups in total. The molecule has 2 fully saturated rings. The molecule has 0 saturated carbocycles. The van der Waals surface area contributed by atoms with Crippen LogP contribution in [0.25, 0.3) is 0 Å². The number of imide groups is 1. The van der Waals surface area contributed by atoms with Gasteiger partial charge < -0.3 is 24.2 Å². The molecule has 0 bridgehead atoms. The van der Waals surface area contributed by atoms with E-state index in [-0.39, 0.29) is 72.4 Å². The third-order valence-electron chi connectivity index (χ3n) is 11.6. The molecule has 320 valence electrons. The lowest BCUT2D eigenvalue weighted by Crippen LogP contribution is -2.57. The summed E-state index contributed by atoms with van der Waals surface area (Å²) >= 11 is 1.78. The molecule has 11 nitrogen and oxygen atoms in total. The van der Waals surface area contributed by atoms with Crippen molar-refractivity contribution in [2.45, 2.75) is 70.2 Å². The van der Waals surface area contributed by atoms with E-state index < -0.39 is 5.82 Å². The van der Waals surface area contributed by atoms with Gasteiger partial charge in [-0.1, -0.05) is 56.3 Å². The number of piperidine rings is 2. The van der Waals surface area contributed by atoms with E-state index in [2.05, 4.69) is 27.3 Å². The average Bonchev–Trinajstić information content (AvgIpc) is 3.89.